The van der Waals surface area contributed by atoms with Crippen molar-refractivity contribution in [1.29, 1.82) is 0 Å². The molecule has 124 valence electrons. The maximum absolute atomic E-state index is 10.4. The van der Waals surface area contributed by atoms with E-state index >= 15 is 0 Å². The molecule has 23 heavy (non-hydrogen) atoms. The molecule has 0 unspecified atom stereocenters. The van der Waals surface area contributed by atoms with Crippen molar-refractivity contribution < 1.29 is 9.66 Å². The Hall–Kier alpha value is -2.17. The van der Waals surface area contributed by atoms with Crippen LogP contribution in [0, 0.1) is 10.1 Å². The smallest absolute Gasteiger partial charge is 0.213 e. The lowest BCUT2D eigenvalue weighted by Gasteiger charge is -2.07. The zero-order chi connectivity index (χ0) is 16.5. The van der Waals surface area contributed by atoms with Gasteiger partial charge in [0.2, 0.25) is 12.4 Å². The highest BCUT2D eigenvalue weighted by molar-refractivity contribution is 5.79. The summed E-state index contributed by atoms with van der Waals surface area (Å²) in [5.74, 6) is 0.644. The lowest BCUT2D eigenvalue weighted by molar-refractivity contribution is -0.479. The van der Waals surface area contributed by atoms with E-state index in [1.54, 1.807) is 0 Å². The molecule has 0 saturated carbocycles. The predicted molar refractivity (Wildman–Crippen MR) is 91.6 cm³/mol. The Morgan fingerprint density at radius 1 is 1.13 bits per heavy atom. The van der Waals surface area contributed by atoms with Crippen LogP contribution in [-0.4, -0.2) is 23.1 Å². The molecule has 1 heterocycles. The zero-order valence-electron chi connectivity index (χ0n) is 13.7. The summed E-state index contributed by atoms with van der Waals surface area (Å²) >= 11 is 0. The lowest BCUT2D eigenvalue weighted by Crippen LogP contribution is -2.04. The number of benzene rings is 1. The van der Waals surface area contributed by atoms with Gasteiger partial charge < -0.3 is 4.74 Å². The van der Waals surface area contributed by atoms with Crippen LogP contribution in [0.2, 0.25) is 0 Å². The standard InChI is InChI=1S/C18H24N2O3/c1-2-3-4-5-6-13-23-18-10-8-16-14-15(11-12-20(21)22)7-9-17(16)19-18/h7-10,14H,2-6,11-13H2,1H3. The van der Waals surface area contributed by atoms with Crippen LogP contribution in [-0.2, 0) is 6.42 Å². The maximum Gasteiger partial charge on any atom is 0.213 e. The quantitative estimate of drug-likeness (QED) is 0.370. The Labute approximate surface area is 136 Å². The molecule has 5 nitrogen and oxygen atoms in total. The van der Waals surface area contributed by atoms with Gasteiger partial charge in [-0.25, -0.2) is 4.98 Å². The van der Waals surface area contributed by atoms with Gasteiger partial charge in [0.15, 0.2) is 0 Å². The molecule has 0 aliphatic heterocycles. The molecule has 0 fully saturated rings. The summed E-state index contributed by atoms with van der Waals surface area (Å²) < 4.78 is 5.70. The fourth-order valence-electron chi connectivity index (χ4n) is 2.49. The molecule has 0 spiro atoms. The van der Waals surface area contributed by atoms with Crippen LogP contribution in [0.4, 0.5) is 0 Å². The molecular weight excluding hydrogens is 292 g/mol. The number of hydrogen-bond donors (Lipinski definition) is 0. The first kappa shape index (κ1) is 17.2. The summed E-state index contributed by atoms with van der Waals surface area (Å²) in [6.45, 7) is 2.86. The van der Waals surface area contributed by atoms with Crippen LogP contribution in [0.5, 0.6) is 5.88 Å². The minimum absolute atomic E-state index is 0.0435. The van der Waals surface area contributed by atoms with Crippen molar-refractivity contribution in [3.8, 4) is 5.88 Å². The summed E-state index contributed by atoms with van der Waals surface area (Å²) in [5.41, 5.74) is 1.82. The SMILES string of the molecule is CCCCCCCOc1ccc2cc(CC[N+](=O)[O-])ccc2n1. The number of nitrogens with zero attached hydrogens (tertiary/aromatic N) is 2. The number of rotatable bonds is 10. The second-order valence-electron chi connectivity index (χ2n) is 5.75. The molecule has 0 radical (unpaired) electrons. The maximum atomic E-state index is 10.4. The topological polar surface area (TPSA) is 65.3 Å². The normalized spacial score (nSPS) is 10.8. The number of aromatic nitrogens is 1. The molecule has 0 saturated heterocycles. The minimum atomic E-state index is -0.292. The van der Waals surface area contributed by atoms with E-state index < -0.39 is 0 Å². The summed E-state index contributed by atoms with van der Waals surface area (Å²) in [6.07, 6.45) is 6.49. The van der Waals surface area contributed by atoms with Gasteiger partial charge in [-0.1, -0.05) is 38.7 Å². The van der Waals surface area contributed by atoms with Crippen molar-refractivity contribution in [1.82, 2.24) is 4.98 Å². The highest BCUT2D eigenvalue weighted by atomic mass is 16.6. The molecule has 0 amide bonds. The molecule has 5 heteroatoms. The van der Waals surface area contributed by atoms with Crippen molar-refractivity contribution in [2.75, 3.05) is 13.2 Å². The van der Waals surface area contributed by atoms with Crippen LogP contribution in [0.1, 0.15) is 44.6 Å². The molecule has 2 aromatic rings. The first-order chi connectivity index (χ1) is 11.2. The summed E-state index contributed by atoms with van der Waals surface area (Å²) in [4.78, 5) is 14.6. The van der Waals surface area contributed by atoms with E-state index in [-0.39, 0.29) is 11.5 Å². The van der Waals surface area contributed by atoms with E-state index in [9.17, 15) is 10.1 Å². The highest BCUT2D eigenvalue weighted by Crippen LogP contribution is 2.19. The van der Waals surface area contributed by atoms with Crippen LogP contribution in [0.15, 0.2) is 30.3 Å². The van der Waals surface area contributed by atoms with Crippen LogP contribution in [0.3, 0.4) is 0 Å². The van der Waals surface area contributed by atoms with E-state index in [0.717, 1.165) is 22.9 Å². The van der Waals surface area contributed by atoms with E-state index in [0.29, 0.717) is 18.9 Å². The molecule has 1 aromatic heterocycles. The molecule has 0 aliphatic carbocycles. The van der Waals surface area contributed by atoms with Gasteiger partial charge in [-0.2, -0.15) is 0 Å². The van der Waals surface area contributed by atoms with Crippen LogP contribution >= 0.6 is 0 Å². The van der Waals surface area contributed by atoms with Gasteiger partial charge in [-0.3, -0.25) is 10.1 Å². The van der Waals surface area contributed by atoms with Gasteiger partial charge in [0.05, 0.1) is 12.1 Å². The first-order valence-electron chi connectivity index (χ1n) is 8.33. The monoisotopic (exact) mass is 316 g/mol. The molecule has 0 atom stereocenters. The molecule has 2 rings (SSSR count). The third-order valence-electron chi connectivity index (χ3n) is 3.81. The number of hydrogen-bond acceptors (Lipinski definition) is 4. The second-order valence-corrected chi connectivity index (χ2v) is 5.75. The fourth-order valence-corrected chi connectivity index (χ4v) is 2.49. The number of fused-ring (bicyclic) bond motifs is 1. The van der Waals surface area contributed by atoms with Crippen molar-refractivity contribution in [2.24, 2.45) is 0 Å². The second kappa shape index (κ2) is 9.08. The van der Waals surface area contributed by atoms with Crippen molar-refractivity contribution in [3.05, 3.63) is 46.0 Å². The summed E-state index contributed by atoms with van der Waals surface area (Å²) in [5, 5.41) is 11.4. The van der Waals surface area contributed by atoms with Crippen LogP contribution in [0.25, 0.3) is 10.9 Å². The third kappa shape index (κ3) is 5.85. The van der Waals surface area contributed by atoms with Crippen molar-refractivity contribution >= 4 is 10.9 Å². The largest absolute Gasteiger partial charge is 0.478 e. The first-order valence-corrected chi connectivity index (χ1v) is 8.33. The number of ether oxygens (including phenoxy) is 1. The minimum Gasteiger partial charge on any atom is -0.478 e. The van der Waals surface area contributed by atoms with Gasteiger partial charge in [-0.15, -0.1) is 0 Å². The average molecular weight is 316 g/mol. The number of pyridine rings is 1. The summed E-state index contributed by atoms with van der Waals surface area (Å²) in [6, 6.07) is 9.59. The Balaban J connectivity index is 1.89. The zero-order valence-corrected chi connectivity index (χ0v) is 13.7. The van der Waals surface area contributed by atoms with Gasteiger partial charge in [0.25, 0.3) is 0 Å². The van der Waals surface area contributed by atoms with Crippen LogP contribution < -0.4 is 4.74 Å². The van der Waals surface area contributed by atoms with E-state index in [1.165, 1.54) is 25.7 Å². The Morgan fingerprint density at radius 3 is 2.74 bits per heavy atom. The molecule has 0 bridgehead atoms. The van der Waals surface area contributed by atoms with Gasteiger partial charge >= 0.3 is 0 Å². The lowest BCUT2D eigenvalue weighted by atomic mass is 10.1. The Bertz CT molecular complexity index is 643. The Kier molecular flexibility index (Phi) is 6.78. The molecule has 1 aromatic carbocycles. The average Bonchev–Trinajstić information content (AvgIpc) is 2.56. The number of nitro groups is 1. The predicted octanol–water partition coefficient (Wildman–Crippen LogP) is 4.40. The van der Waals surface area contributed by atoms with Gasteiger partial charge in [0.1, 0.15) is 0 Å². The fraction of sp³-hybridized carbons (Fsp3) is 0.500. The van der Waals surface area contributed by atoms with Crippen molar-refractivity contribution in [3.63, 3.8) is 0 Å². The van der Waals surface area contributed by atoms with E-state index in [2.05, 4.69) is 11.9 Å². The third-order valence-corrected chi connectivity index (χ3v) is 3.81. The number of unbranched alkanes of at least 4 members (excludes halogenated alkanes) is 4. The van der Waals surface area contributed by atoms with E-state index in [4.69, 9.17) is 4.74 Å². The molecule has 0 aliphatic rings. The van der Waals surface area contributed by atoms with Crippen molar-refractivity contribution in [2.45, 2.75) is 45.4 Å². The molecular formula is C18H24N2O3. The Morgan fingerprint density at radius 2 is 1.96 bits per heavy atom. The van der Waals surface area contributed by atoms with E-state index in [1.807, 2.05) is 30.3 Å². The highest BCUT2D eigenvalue weighted by Gasteiger charge is 2.04. The van der Waals surface area contributed by atoms with Gasteiger partial charge in [-0.05, 0) is 30.2 Å². The summed E-state index contributed by atoms with van der Waals surface area (Å²) in [7, 11) is 0. The molecule has 0 N–H and O–H groups in total. The van der Waals surface area contributed by atoms with Gasteiger partial charge in [0, 0.05) is 22.8 Å².